The molecule has 0 N–H and O–H groups in total. The van der Waals surface area contributed by atoms with Gasteiger partial charge in [-0.1, -0.05) is 35.1 Å². The maximum Gasteiger partial charge on any atom is 0.307 e. The van der Waals surface area contributed by atoms with Crippen LogP contribution in [0.25, 0.3) is 0 Å². The molecule has 0 aliphatic heterocycles. The minimum atomic E-state index is 0.0719. The standard InChI is InChI=1S/C11H10ClNOS/c1-8-6-9(2-3-10(8)12)7-13-4-5-15-11(13)14/h2-6H,7H2,1H3. The van der Waals surface area contributed by atoms with Gasteiger partial charge in [-0.05, 0) is 24.1 Å². The molecule has 78 valence electrons. The molecular formula is C11H10ClNOS. The lowest BCUT2D eigenvalue weighted by Crippen LogP contribution is -2.12. The summed E-state index contributed by atoms with van der Waals surface area (Å²) in [5.74, 6) is 0. The van der Waals surface area contributed by atoms with Gasteiger partial charge in [0.2, 0.25) is 0 Å². The normalized spacial score (nSPS) is 10.5. The van der Waals surface area contributed by atoms with Crippen molar-refractivity contribution in [2.45, 2.75) is 13.5 Å². The van der Waals surface area contributed by atoms with Gasteiger partial charge < -0.3 is 4.57 Å². The van der Waals surface area contributed by atoms with Crippen molar-refractivity contribution in [2.75, 3.05) is 0 Å². The lowest BCUT2D eigenvalue weighted by atomic mass is 10.1. The zero-order valence-corrected chi connectivity index (χ0v) is 9.81. The second-order valence-electron chi connectivity index (χ2n) is 3.38. The SMILES string of the molecule is Cc1cc(Cn2ccsc2=O)ccc1Cl. The molecule has 2 aromatic rings. The van der Waals surface area contributed by atoms with E-state index < -0.39 is 0 Å². The first-order chi connectivity index (χ1) is 7.16. The molecule has 0 aliphatic rings. The molecule has 1 heterocycles. The summed E-state index contributed by atoms with van der Waals surface area (Å²) in [6, 6.07) is 5.81. The van der Waals surface area contributed by atoms with Crippen molar-refractivity contribution >= 4 is 22.9 Å². The van der Waals surface area contributed by atoms with E-state index in [4.69, 9.17) is 11.6 Å². The number of hydrogen-bond acceptors (Lipinski definition) is 2. The van der Waals surface area contributed by atoms with E-state index in [9.17, 15) is 4.79 Å². The highest BCUT2D eigenvalue weighted by Crippen LogP contribution is 2.16. The Morgan fingerprint density at radius 2 is 2.27 bits per heavy atom. The number of aryl methyl sites for hydroxylation is 1. The Labute approximate surface area is 96.8 Å². The molecule has 1 aromatic heterocycles. The van der Waals surface area contributed by atoms with Gasteiger partial charge in [0, 0.05) is 16.6 Å². The van der Waals surface area contributed by atoms with Gasteiger partial charge in [-0.25, -0.2) is 0 Å². The molecule has 0 amide bonds. The fourth-order valence-corrected chi connectivity index (χ4v) is 2.11. The molecule has 0 saturated carbocycles. The molecule has 0 radical (unpaired) electrons. The van der Waals surface area contributed by atoms with Crippen LogP contribution in [0.15, 0.2) is 34.6 Å². The highest BCUT2D eigenvalue weighted by molar-refractivity contribution is 7.07. The first-order valence-electron chi connectivity index (χ1n) is 4.56. The van der Waals surface area contributed by atoms with Crippen LogP contribution in [-0.4, -0.2) is 4.57 Å². The van der Waals surface area contributed by atoms with E-state index in [1.54, 1.807) is 16.1 Å². The van der Waals surface area contributed by atoms with Crippen LogP contribution in [0.4, 0.5) is 0 Å². The Bertz CT molecular complexity index is 529. The predicted molar refractivity (Wildman–Crippen MR) is 63.9 cm³/mol. The van der Waals surface area contributed by atoms with Crippen molar-refractivity contribution in [1.29, 1.82) is 0 Å². The van der Waals surface area contributed by atoms with Crippen LogP contribution < -0.4 is 4.87 Å². The third-order valence-corrected chi connectivity index (χ3v) is 3.34. The summed E-state index contributed by atoms with van der Waals surface area (Å²) < 4.78 is 1.69. The van der Waals surface area contributed by atoms with Gasteiger partial charge in [-0.2, -0.15) is 0 Å². The average molecular weight is 240 g/mol. The summed E-state index contributed by atoms with van der Waals surface area (Å²) in [4.78, 5) is 11.4. The molecular weight excluding hydrogens is 230 g/mol. The second kappa shape index (κ2) is 4.21. The Morgan fingerprint density at radius 3 is 2.87 bits per heavy atom. The van der Waals surface area contributed by atoms with Crippen LogP contribution >= 0.6 is 22.9 Å². The molecule has 0 bridgehead atoms. The average Bonchev–Trinajstić information content (AvgIpc) is 2.59. The summed E-state index contributed by atoms with van der Waals surface area (Å²) in [7, 11) is 0. The van der Waals surface area contributed by atoms with E-state index in [1.165, 1.54) is 11.3 Å². The summed E-state index contributed by atoms with van der Waals surface area (Å²) in [5, 5.41) is 2.56. The van der Waals surface area contributed by atoms with Crippen molar-refractivity contribution in [3.63, 3.8) is 0 Å². The minimum Gasteiger partial charge on any atom is -0.302 e. The highest BCUT2D eigenvalue weighted by Gasteiger charge is 2.00. The van der Waals surface area contributed by atoms with E-state index in [0.29, 0.717) is 6.54 Å². The van der Waals surface area contributed by atoms with Gasteiger partial charge in [-0.15, -0.1) is 0 Å². The van der Waals surface area contributed by atoms with Crippen LogP contribution in [0, 0.1) is 6.92 Å². The summed E-state index contributed by atoms with van der Waals surface area (Å²) >= 11 is 7.14. The van der Waals surface area contributed by atoms with E-state index in [-0.39, 0.29) is 4.87 Å². The molecule has 2 nitrogen and oxygen atoms in total. The predicted octanol–water partition coefficient (Wildman–Crippen LogP) is 2.92. The maximum atomic E-state index is 11.3. The molecule has 0 saturated heterocycles. The van der Waals surface area contributed by atoms with Crippen LogP contribution in [0.1, 0.15) is 11.1 Å². The van der Waals surface area contributed by atoms with Crippen molar-refractivity contribution in [2.24, 2.45) is 0 Å². The summed E-state index contributed by atoms with van der Waals surface area (Å²) in [6.45, 7) is 2.57. The fraction of sp³-hybridized carbons (Fsp3) is 0.182. The number of benzene rings is 1. The number of thiazole rings is 1. The Kier molecular flexibility index (Phi) is 2.93. The Hall–Kier alpha value is -1.06. The molecule has 0 unspecified atom stereocenters. The number of nitrogens with zero attached hydrogens (tertiary/aromatic N) is 1. The van der Waals surface area contributed by atoms with Crippen molar-refractivity contribution in [1.82, 2.24) is 4.57 Å². The first kappa shape index (κ1) is 10.5. The Balaban J connectivity index is 2.29. The summed E-state index contributed by atoms with van der Waals surface area (Å²) in [6.07, 6.45) is 1.80. The molecule has 1 aromatic carbocycles. The number of hydrogen-bond donors (Lipinski definition) is 0. The van der Waals surface area contributed by atoms with Crippen LogP contribution in [-0.2, 0) is 6.54 Å². The number of rotatable bonds is 2. The van der Waals surface area contributed by atoms with Gasteiger partial charge in [0.25, 0.3) is 0 Å². The minimum absolute atomic E-state index is 0.0719. The monoisotopic (exact) mass is 239 g/mol. The molecule has 15 heavy (non-hydrogen) atoms. The Morgan fingerprint density at radius 1 is 1.47 bits per heavy atom. The van der Waals surface area contributed by atoms with Gasteiger partial charge in [0.1, 0.15) is 0 Å². The van der Waals surface area contributed by atoms with Crippen molar-refractivity contribution < 1.29 is 0 Å². The topological polar surface area (TPSA) is 22.0 Å². The van der Waals surface area contributed by atoms with Crippen LogP contribution in [0.5, 0.6) is 0 Å². The smallest absolute Gasteiger partial charge is 0.302 e. The third-order valence-electron chi connectivity index (χ3n) is 2.22. The zero-order valence-electron chi connectivity index (χ0n) is 8.24. The quantitative estimate of drug-likeness (QED) is 0.790. The molecule has 2 rings (SSSR count). The van der Waals surface area contributed by atoms with Gasteiger partial charge in [0.15, 0.2) is 0 Å². The molecule has 4 heteroatoms. The first-order valence-corrected chi connectivity index (χ1v) is 5.81. The second-order valence-corrected chi connectivity index (χ2v) is 4.64. The van der Waals surface area contributed by atoms with E-state index in [2.05, 4.69) is 0 Å². The largest absolute Gasteiger partial charge is 0.307 e. The molecule has 0 aliphatic carbocycles. The van der Waals surface area contributed by atoms with Crippen LogP contribution in [0.3, 0.4) is 0 Å². The maximum absolute atomic E-state index is 11.3. The van der Waals surface area contributed by atoms with Gasteiger partial charge in [0.05, 0.1) is 6.54 Å². The molecule has 0 fully saturated rings. The van der Waals surface area contributed by atoms with Crippen molar-refractivity contribution in [3.05, 3.63) is 55.6 Å². The zero-order chi connectivity index (χ0) is 10.8. The highest BCUT2D eigenvalue weighted by atomic mass is 35.5. The third kappa shape index (κ3) is 2.30. The van der Waals surface area contributed by atoms with E-state index in [1.807, 2.05) is 25.1 Å². The number of halogens is 1. The van der Waals surface area contributed by atoms with E-state index in [0.717, 1.165) is 16.1 Å². The number of aromatic nitrogens is 1. The van der Waals surface area contributed by atoms with Crippen LogP contribution in [0.2, 0.25) is 5.02 Å². The fourth-order valence-electron chi connectivity index (χ4n) is 1.41. The van der Waals surface area contributed by atoms with Gasteiger partial charge >= 0.3 is 4.87 Å². The molecule has 0 atom stereocenters. The van der Waals surface area contributed by atoms with Crippen molar-refractivity contribution in [3.8, 4) is 0 Å². The van der Waals surface area contributed by atoms with E-state index >= 15 is 0 Å². The summed E-state index contributed by atoms with van der Waals surface area (Å²) in [5.41, 5.74) is 2.13. The van der Waals surface area contributed by atoms with Gasteiger partial charge in [-0.3, -0.25) is 4.79 Å². The molecule has 0 spiro atoms. The lowest BCUT2D eigenvalue weighted by Gasteiger charge is -2.04. The lowest BCUT2D eigenvalue weighted by molar-refractivity contribution is 0.783.